The molecule has 0 spiro atoms. The SMILES string of the molecule is COC(=O)c1ccc(C#N)c(Cl)c1OC(F)F. The van der Waals surface area contributed by atoms with Crippen LogP contribution in [0.2, 0.25) is 5.02 Å². The summed E-state index contributed by atoms with van der Waals surface area (Å²) in [6.45, 7) is -3.16. The van der Waals surface area contributed by atoms with E-state index in [9.17, 15) is 13.6 Å². The first-order valence-electron chi connectivity index (χ1n) is 4.27. The molecule has 4 nitrogen and oxygen atoms in total. The Morgan fingerprint density at radius 3 is 2.65 bits per heavy atom. The second-order valence-electron chi connectivity index (χ2n) is 2.79. The molecule has 0 aliphatic carbocycles. The van der Waals surface area contributed by atoms with Crippen LogP contribution in [-0.2, 0) is 4.74 Å². The summed E-state index contributed by atoms with van der Waals surface area (Å²) in [5.41, 5.74) is -0.341. The highest BCUT2D eigenvalue weighted by Gasteiger charge is 2.21. The van der Waals surface area contributed by atoms with Crippen LogP contribution < -0.4 is 4.74 Å². The van der Waals surface area contributed by atoms with Gasteiger partial charge in [0.2, 0.25) is 0 Å². The Kier molecular flexibility index (Phi) is 4.24. The molecular weight excluding hydrogens is 256 g/mol. The number of nitrogens with zero attached hydrogens (tertiary/aromatic N) is 1. The Hall–Kier alpha value is -1.87. The fourth-order valence-electron chi connectivity index (χ4n) is 1.12. The summed E-state index contributed by atoms with van der Waals surface area (Å²) in [5.74, 6) is -1.44. The van der Waals surface area contributed by atoms with Crippen molar-refractivity contribution in [3.63, 3.8) is 0 Å². The van der Waals surface area contributed by atoms with Crippen LogP contribution in [0.25, 0.3) is 0 Å². The number of esters is 1. The molecule has 0 amide bonds. The molecule has 1 rings (SSSR count). The number of hydrogen-bond acceptors (Lipinski definition) is 4. The predicted molar refractivity (Wildman–Crippen MR) is 54.1 cm³/mol. The zero-order valence-corrected chi connectivity index (χ0v) is 9.29. The normalized spacial score (nSPS) is 9.88. The van der Waals surface area contributed by atoms with Crippen molar-refractivity contribution in [2.45, 2.75) is 6.61 Å². The number of halogens is 3. The van der Waals surface area contributed by atoms with Crippen LogP contribution in [0.4, 0.5) is 8.78 Å². The molecule has 0 aliphatic rings. The number of carbonyl (C=O) groups excluding carboxylic acids is 1. The standard InChI is InChI=1S/C10H6ClF2NO3/c1-16-9(15)6-3-2-5(4-14)7(11)8(6)17-10(12)13/h2-3,10H,1H3. The Balaban J connectivity index is 3.36. The summed E-state index contributed by atoms with van der Waals surface area (Å²) in [7, 11) is 1.08. The number of carbonyl (C=O) groups is 1. The van der Waals surface area contributed by atoms with Gasteiger partial charge in [-0.2, -0.15) is 14.0 Å². The van der Waals surface area contributed by atoms with Gasteiger partial charge in [-0.05, 0) is 12.1 Å². The molecule has 1 aromatic rings. The second-order valence-corrected chi connectivity index (χ2v) is 3.16. The van der Waals surface area contributed by atoms with Gasteiger partial charge in [0.1, 0.15) is 16.7 Å². The molecule has 17 heavy (non-hydrogen) atoms. The number of methoxy groups -OCH3 is 1. The molecule has 0 aliphatic heterocycles. The average molecular weight is 262 g/mol. The Morgan fingerprint density at radius 1 is 1.53 bits per heavy atom. The summed E-state index contributed by atoms with van der Waals surface area (Å²) in [5, 5.41) is 8.32. The largest absolute Gasteiger partial charge is 0.465 e. The van der Waals surface area contributed by atoms with Crippen molar-refractivity contribution in [3.05, 3.63) is 28.3 Å². The monoisotopic (exact) mass is 261 g/mol. The average Bonchev–Trinajstić information content (AvgIpc) is 2.30. The third-order valence-corrected chi connectivity index (χ3v) is 2.21. The van der Waals surface area contributed by atoms with Gasteiger partial charge in [-0.25, -0.2) is 4.79 Å². The van der Waals surface area contributed by atoms with Gasteiger partial charge in [-0.1, -0.05) is 11.6 Å². The smallest absolute Gasteiger partial charge is 0.387 e. The predicted octanol–water partition coefficient (Wildman–Crippen LogP) is 2.60. The third-order valence-electron chi connectivity index (χ3n) is 1.83. The molecule has 0 atom stereocenters. The van der Waals surface area contributed by atoms with Gasteiger partial charge in [-0.15, -0.1) is 0 Å². The maximum Gasteiger partial charge on any atom is 0.387 e. The van der Waals surface area contributed by atoms with Crippen molar-refractivity contribution in [2.75, 3.05) is 7.11 Å². The van der Waals surface area contributed by atoms with E-state index in [0.717, 1.165) is 13.2 Å². The molecule has 0 fully saturated rings. The van der Waals surface area contributed by atoms with Crippen LogP contribution in [0, 0.1) is 11.3 Å². The summed E-state index contributed by atoms with van der Waals surface area (Å²) < 4.78 is 32.8. The lowest BCUT2D eigenvalue weighted by molar-refractivity contribution is -0.0503. The number of nitriles is 1. The van der Waals surface area contributed by atoms with Crippen LogP contribution in [0.5, 0.6) is 5.75 Å². The first-order valence-corrected chi connectivity index (χ1v) is 4.64. The maximum absolute atomic E-state index is 12.2. The van der Waals surface area contributed by atoms with E-state index in [0.29, 0.717) is 0 Å². The number of hydrogen-bond donors (Lipinski definition) is 0. The lowest BCUT2D eigenvalue weighted by Crippen LogP contribution is -2.10. The van der Waals surface area contributed by atoms with Gasteiger partial charge < -0.3 is 9.47 Å². The van der Waals surface area contributed by atoms with Crippen molar-refractivity contribution in [1.82, 2.24) is 0 Å². The van der Waals surface area contributed by atoms with Gasteiger partial charge in [0, 0.05) is 0 Å². The topological polar surface area (TPSA) is 59.3 Å². The molecule has 0 radical (unpaired) electrons. The van der Waals surface area contributed by atoms with Crippen LogP contribution in [0.1, 0.15) is 15.9 Å². The Morgan fingerprint density at radius 2 is 2.18 bits per heavy atom. The minimum atomic E-state index is -3.16. The molecule has 1 aromatic carbocycles. The highest BCUT2D eigenvalue weighted by molar-refractivity contribution is 6.33. The zero-order valence-electron chi connectivity index (χ0n) is 8.54. The Labute approximate surface area is 100 Å². The molecule has 0 aromatic heterocycles. The molecule has 90 valence electrons. The third kappa shape index (κ3) is 2.82. The van der Waals surface area contributed by atoms with E-state index < -0.39 is 18.3 Å². The minimum Gasteiger partial charge on any atom is -0.465 e. The van der Waals surface area contributed by atoms with Crippen LogP contribution in [0.3, 0.4) is 0 Å². The van der Waals surface area contributed by atoms with Crippen molar-refractivity contribution in [2.24, 2.45) is 0 Å². The summed E-state index contributed by atoms with van der Waals surface area (Å²) in [6.07, 6.45) is 0. The summed E-state index contributed by atoms with van der Waals surface area (Å²) in [4.78, 5) is 11.3. The number of benzene rings is 1. The van der Waals surface area contributed by atoms with E-state index in [1.165, 1.54) is 6.07 Å². The first kappa shape index (κ1) is 13.2. The summed E-state index contributed by atoms with van der Waals surface area (Å²) in [6, 6.07) is 4.03. The van der Waals surface area contributed by atoms with E-state index >= 15 is 0 Å². The Bertz CT molecular complexity index is 485. The van der Waals surface area contributed by atoms with Crippen LogP contribution in [-0.4, -0.2) is 19.7 Å². The molecule has 0 bridgehead atoms. The highest BCUT2D eigenvalue weighted by atomic mass is 35.5. The lowest BCUT2D eigenvalue weighted by atomic mass is 10.1. The molecule has 0 N–H and O–H groups in total. The molecule has 0 saturated carbocycles. The first-order chi connectivity index (χ1) is 8.01. The quantitative estimate of drug-likeness (QED) is 0.785. The van der Waals surface area contributed by atoms with Gasteiger partial charge in [0.15, 0.2) is 5.75 Å². The minimum absolute atomic E-state index is 0.0741. The number of alkyl halides is 2. The molecular formula is C10H6ClF2NO3. The van der Waals surface area contributed by atoms with E-state index in [1.807, 2.05) is 0 Å². The van der Waals surface area contributed by atoms with E-state index in [1.54, 1.807) is 6.07 Å². The van der Waals surface area contributed by atoms with Crippen molar-refractivity contribution >= 4 is 17.6 Å². The molecule has 0 heterocycles. The number of ether oxygens (including phenoxy) is 2. The highest BCUT2D eigenvalue weighted by Crippen LogP contribution is 2.33. The van der Waals surface area contributed by atoms with Gasteiger partial charge in [0.05, 0.1) is 12.7 Å². The van der Waals surface area contributed by atoms with Crippen molar-refractivity contribution in [1.29, 1.82) is 5.26 Å². The summed E-state index contributed by atoms with van der Waals surface area (Å²) >= 11 is 5.67. The fraction of sp³-hybridized carbons (Fsp3) is 0.200. The second kappa shape index (κ2) is 5.46. The van der Waals surface area contributed by atoms with Crippen LogP contribution >= 0.6 is 11.6 Å². The number of rotatable bonds is 3. The van der Waals surface area contributed by atoms with Gasteiger partial charge >= 0.3 is 12.6 Å². The van der Waals surface area contributed by atoms with E-state index in [-0.39, 0.29) is 16.1 Å². The van der Waals surface area contributed by atoms with E-state index in [2.05, 4.69) is 9.47 Å². The van der Waals surface area contributed by atoms with Crippen LogP contribution in [0.15, 0.2) is 12.1 Å². The lowest BCUT2D eigenvalue weighted by Gasteiger charge is -2.11. The molecule has 0 saturated heterocycles. The molecule has 0 unspecified atom stereocenters. The van der Waals surface area contributed by atoms with Crippen molar-refractivity contribution in [3.8, 4) is 11.8 Å². The maximum atomic E-state index is 12.2. The van der Waals surface area contributed by atoms with Gasteiger partial charge in [-0.3, -0.25) is 0 Å². The fourth-order valence-corrected chi connectivity index (χ4v) is 1.37. The van der Waals surface area contributed by atoms with E-state index in [4.69, 9.17) is 16.9 Å². The van der Waals surface area contributed by atoms with Crippen molar-refractivity contribution < 1.29 is 23.0 Å². The molecule has 7 heteroatoms. The zero-order chi connectivity index (χ0) is 13.0. The van der Waals surface area contributed by atoms with Gasteiger partial charge in [0.25, 0.3) is 0 Å².